The van der Waals surface area contributed by atoms with Crippen LogP contribution in [0.2, 0.25) is 0 Å². The molecule has 0 aromatic heterocycles. The average Bonchev–Trinajstić information content (AvgIpc) is 2.47. The molecule has 2 aromatic rings. The Morgan fingerprint density at radius 3 is 2.43 bits per heavy atom. The minimum Gasteiger partial charge on any atom is -0.457 e. The van der Waals surface area contributed by atoms with Crippen molar-refractivity contribution in [2.75, 3.05) is 5.73 Å². The van der Waals surface area contributed by atoms with Gasteiger partial charge in [-0.15, -0.1) is 0 Å². The van der Waals surface area contributed by atoms with Crippen LogP contribution in [-0.4, -0.2) is 11.9 Å². The summed E-state index contributed by atoms with van der Waals surface area (Å²) in [6.45, 7) is 1.78. The van der Waals surface area contributed by atoms with Crippen molar-refractivity contribution in [1.82, 2.24) is 0 Å². The van der Waals surface area contributed by atoms with Crippen molar-refractivity contribution in [3.63, 3.8) is 0 Å². The van der Waals surface area contributed by atoms with Crippen LogP contribution in [-0.2, 0) is 11.3 Å². The second-order valence-corrected chi connectivity index (χ2v) is 4.63. The van der Waals surface area contributed by atoms with Gasteiger partial charge >= 0.3 is 5.97 Å². The molecular weight excluding hydrogens is 268 g/mol. The summed E-state index contributed by atoms with van der Waals surface area (Å²) in [5.41, 5.74) is 13.5. The third kappa shape index (κ3) is 3.20. The highest BCUT2D eigenvalue weighted by Gasteiger charge is 2.14. The van der Waals surface area contributed by atoms with Crippen LogP contribution in [0.4, 0.5) is 5.69 Å². The van der Waals surface area contributed by atoms with Gasteiger partial charge in [-0.05, 0) is 24.6 Å². The topological polar surface area (TPSA) is 95.4 Å². The predicted molar refractivity (Wildman–Crippen MR) is 79.7 cm³/mol. The molecule has 0 radical (unpaired) electrons. The fraction of sp³-hybridized carbons (Fsp3) is 0.125. The summed E-state index contributed by atoms with van der Waals surface area (Å²) in [4.78, 5) is 23.4. The third-order valence-corrected chi connectivity index (χ3v) is 3.19. The molecule has 1 amide bonds. The van der Waals surface area contributed by atoms with Crippen molar-refractivity contribution >= 4 is 17.6 Å². The molecule has 0 unspecified atom stereocenters. The molecule has 0 bridgehead atoms. The Kier molecular flexibility index (Phi) is 4.23. The van der Waals surface area contributed by atoms with Gasteiger partial charge in [0.05, 0.1) is 5.56 Å². The van der Waals surface area contributed by atoms with E-state index in [1.54, 1.807) is 36.4 Å². The van der Waals surface area contributed by atoms with E-state index in [9.17, 15) is 9.59 Å². The van der Waals surface area contributed by atoms with Crippen LogP contribution in [0.25, 0.3) is 0 Å². The summed E-state index contributed by atoms with van der Waals surface area (Å²) in [6, 6.07) is 11.9. The van der Waals surface area contributed by atoms with Gasteiger partial charge in [-0.25, -0.2) is 4.79 Å². The monoisotopic (exact) mass is 284 g/mol. The van der Waals surface area contributed by atoms with Crippen molar-refractivity contribution in [2.24, 2.45) is 5.73 Å². The number of rotatable bonds is 4. The lowest BCUT2D eigenvalue weighted by Gasteiger charge is -2.10. The van der Waals surface area contributed by atoms with Gasteiger partial charge in [0.15, 0.2) is 0 Å². The number of anilines is 1. The Morgan fingerprint density at radius 2 is 1.71 bits per heavy atom. The molecule has 2 aromatic carbocycles. The highest BCUT2D eigenvalue weighted by atomic mass is 16.5. The first-order valence-electron chi connectivity index (χ1n) is 6.40. The van der Waals surface area contributed by atoms with E-state index in [-0.39, 0.29) is 6.61 Å². The maximum absolute atomic E-state index is 12.1. The minimum absolute atomic E-state index is 0.0364. The number of carbonyl (C=O) groups excluding carboxylic acids is 2. The molecular formula is C16H16N2O3. The molecule has 0 fully saturated rings. The number of aryl methyl sites for hydroxylation is 1. The lowest BCUT2D eigenvalue weighted by atomic mass is 10.1. The van der Waals surface area contributed by atoms with E-state index in [1.165, 1.54) is 0 Å². The second-order valence-electron chi connectivity index (χ2n) is 4.63. The number of amides is 1. The first kappa shape index (κ1) is 14.6. The Hall–Kier alpha value is -2.82. The SMILES string of the molecule is Cc1cccc(C(=O)OCc2ccccc2C(N)=O)c1N. The lowest BCUT2D eigenvalue weighted by molar-refractivity contribution is 0.0471. The fourth-order valence-corrected chi connectivity index (χ4v) is 1.97. The van der Waals surface area contributed by atoms with Crippen LogP contribution in [0.3, 0.4) is 0 Å². The normalized spacial score (nSPS) is 10.1. The molecule has 0 heterocycles. The molecule has 0 saturated heterocycles. The lowest BCUT2D eigenvalue weighted by Crippen LogP contribution is -2.15. The summed E-state index contributed by atoms with van der Waals surface area (Å²) >= 11 is 0. The van der Waals surface area contributed by atoms with E-state index < -0.39 is 11.9 Å². The number of primary amides is 1. The highest BCUT2D eigenvalue weighted by molar-refractivity contribution is 5.96. The Bertz CT molecular complexity index is 696. The molecule has 0 saturated carbocycles. The second kappa shape index (κ2) is 6.09. The number of esters is 1. The number of nitrogens with two attached hydrogens (primary N) is 2. The van der Waals surface area contributed by atoms with Crippen molar-refractivity contribution in [1.29, 1.82) is 0 Å². The molecule has 21 heavy (non-hydrogen) atoms. The van der Waals surface area contributed by atoms with E-state index in [2.05, 4.69) is 0 Å². The summed E-state index contributed by atoms with van der Waals surface area (Å²) in [5, 5.41) is 0. The first-order valence-corrected chi connectivity index (χ1v) is 6.40. The number of para-hydroxylation sites is 1. The van der Waals surface area contributed by atoms with Gasteiger partial charge in [0.2, 0.25) is 5.91 Å². The van der Waals surface area contributed by atoms with Crippen molar-refractivity contribution in [2.45, 2.75) is 13.5 Å². The fourth-order valence-electron chi connectivity index (χ4n) is 1.97. The third-order valence-electron chi connectivity index (χ3n) is 3.19. The van der Waals surface area contributed by atoms with Crippen LogP contribution in [0.1, 0.15) is 31.8 Å². The summed E-state index contributed by atoms with van der Waals surface area (Å²) < 4.78 is 5.21. The van der Waals surface area contributed by atoms with Gasteiger partial charge in [-0.1, -0.05) is 30.3 Å². The van der Waals surface area contributed by atoms with Crippen molar-refractivity contribution in [3.05, 3.63) is 64.7 Å². The summed E-state index contributed by atoms with van der Waals surface area (Å²) in [7, 11) is 0. The zero-order chi connectivity index (χ0) is 15.4. The number of ether oxygens (including phenoxy) is 1. The molecule has 2 rings (SSSR count). The molecule has 108 valence electrons. The number of benzene rings is 2. The van der Waals surface area contributed by atoms with E-state index in [4.69, 9.17) is 16.2 Å². The predicted octanol–water partition coefficient (Wildman–Crippen LogP) is 2.03. The standard InChI is InChI=1S/C16H16N2O3/c1-10-5-4-8-13(14(10)17)16(20)21-9-11-6-2-3-7-12(11)15(18)19/h2-8H,9,17H2,1H3,(H2,18,19). The smallest absolute Gasteiger partial charge is 0.340 e. The van der Waals surface area contributed by atoms with Gasteiger partial charge in [0.25, 0.3) is 0 Å². The largest absolute Gasteiger partial charge is 0.457 e. The maximum atomic E-state index is 12.1. The van der Waals surface area contributed by atoms with Crippen LogP contribution in [0.15, 0.2) is 42.5 Å². The Balaban J connectivity index is 2.15. The van der Waals surface area contributed by atoms with Gasteiger partial charge in [0, 0.05) is 16.8 Å². The van der Waals surface area contributed by atoms with E-state index in [1.807, 2.05) is 13.0 Å². The zero-order valence-corrected chi connectivity index (χ0v) is 11.6. The number of hydrogen-bond donors (Lipinski definition) is 2. The van der Waals surface area contributed by atoms with Gasteiger partial charge in [0.1, 0.15) is 6.61 Å². The summed E-state index contributed by atoms with van der Waals surface area (Å²) in [6.07, 6.45) is 0. The Labute approximate surface area is 122 Å². The van der Waals surface area contributed by atoms with Crippen molar-refractivity contribution in [3.8, 4) is 0 Å². The molecule has 0 aliphatic heterocycles. The quantitative estimate of drug-likeness (QED) is 0.663. The van der Waals surface area contributed by atoms with Gasteiger partial charge in [-0.2, -0.15) is 0 Å². The minimum atomic E-state index is -0.559. The van der Waals surface area contributed by atoms with Gasteiger partial charge in [-0.3, -0.25) is 4.79 Å². The van der Waals surface area contributed by atoms with Crippen molar-refractivity contribution < 1.29 is 14.3 Å². The molecule has 0 spiro atoms. The highest BCUT2D eigenvalue weighted by Crippen LogP contribution is 2.18. The zero-order valence-electron chi connectivity index (χ0n) is 11.6. The summed E-state index contributed by atoms with van der Waals surface area (Å²) in [5.74, 6) is -1.09. The molecule has 0 aliphatic carbocycles. The van der Waals surface area contributed by atoms with Crippen LogP contribution < -0.4 is 11.5 Å². The van der Waals surface area contributed by atoms with Crippen LogP contribution >= 0.6 is 0 Å². The maximum Gasteiger partial charge on any atom is 0.340 e. The molecule has 0 aliphatic rings. The number of hydrogen-bond acceptors (Lipinski definition) is 4. The van der Waals surface area contributed by atoms with E-state index in [0.717, 1.165) is 5.56 Å². The number of nitrogen functional groups attached to an aromatic ring is 1. The van der Waals surface area contributed by atoms with Crippen LogP contribution in [0, 0.1) is 6.92 Å². The Morgan fingerprint density at radius 1 is 1.05 bits per heavy atom. The van der Waals surface area contributed by atoms with E-state index >= 15 is 0 Å². The van der Waals surface area contributed by atoms with Gasteiger partial charge < -0.3 is 16.2 Å². The first-order chi connectivity index (χ1) is 10.0. The molecule has 4 N–H and O–H groups in total. The van der Waals surface area contributed by atoms with E-state index in [0.29, 0.717) is 22.4 Å². The number of carbonyl (C=O) groups is 2. The average molecular weight is 284 g/mol. The van der Waals surface area contributed by atoms with Crippen LogP contribution in [0.5, 0.6) is 0 Å². The molecule has 0 atom stereocenters. The molecule has 5 heteroatoms. The molecule has 5 nitrogen and oxygen atoms in total.